The molecule has 0 spiro atoms. The fourth-order valence-corrected chi connectivity index (χ4v) is 3.35. The zero-order valence-electron chi connectivity index (χ0n) is 18.8. The minimum absolute atomic E-state index is 0.0166. The van der Waals surface area contributed by atoms with E-state index in [1.807, 2.05) is 0 Å². The van der Waals surface area contributed by atoms with Gasteiger partial charge in [-0.1, -0.05) is 24.3 Å². The van der Waals surface area contributed by atoms with Crippen LogP contribution < -0.4 is 15.4 Å². The standard InChI is InChI=1S/C24H18F3N5O5/c25-24(26,27)37-17-3-1-2-15(10-17)13-28-21(33)18-11-19(32-20(31-18)8-9-30-32)22(34)29-12-14-4-6-16(7-5-14)23(35)36/h1-11H,12-13H2,(H,28,33)(H,29,34)(H,35,36). The molecule has 0 saturated carbocycles. The number of carbonyl (C=O) groups is 3. The second-order valence-electron chi connectivity index (χ2n) is 7.69. The van der Waals surface area contributed by atoms with Crippen LogP contribution in [0.4, 0.5) is 13.2 Å². The lowest BCUT2D eigenvalue weighted by Crippen LogP contribution is -2.28. The van der Waals surface area contributed by atoms with E-state index >= 15 is 0 Å². The molecule has 0 aliphatic carbocycles. The molecular formula is C24H18F3N5O5. The van der Waals surface area contributed by atoms with Crippen LogP contribution in [0.2, 0.25) is 0 Å². The van der Waals surface area contributed by atoms with Crippen LogP contribution in [-0.2, 0) is 13.1 Å². The molecule has 0 radical (unpaired) electrons. The lowest BCUT2D eigenvalue weighted by Gasteiger charge is -2.11. The van der Waals surface area contributed by atoms with Crippen LogP contribution in [0.1, 0.15) is 42.5 Å². The molecule has 190 valence electrons. The molecule has 10 nitrogen and oxygen atoms in total. The van der Waals surface area contributed by atoms with Crippen LogP contribution in [0.5, 0.6) is 5.75 Å². The fourth-order valence-electron chi connectivity index (χ4n) is 3.35. The molecule has 13 heteroatoms. The third-order valence-corrected chi connectivity index (χ3v) is 5.06. The van der Waals surface area contributed by atoms with Gasteiger partial charge in [0.2, 0.25) is 0 Å². The van der Waals surface area contributed by atoms with Crippen molar-refractivity contribution in [2.24, 2.45) is 0 Å². The van der Waals surface area contributed by atoms with Gasteiger partial charge in [0.1, 0.15) is 17.1 Å². The van der Waals surface area contributed by atoms with Crippen molar-refractivity contribution in [3.05, 3.63) is 94.9 Å². The minimum atomic E-state index is -4.84. The average molecular weight is 513 g/mol. The highest BCUT2D eigenvalue weighted by atomic mass is 19.4. The first-order chi connectivity index (χ1) is 17.6. The van der Waals surface area contributed by atoms with E-state index in [-0.39, 0.29) is 35.7 Å². The predicted molar refractivity (Wildman–Crippen MR) is 122 cm³/mol. The van der Waals surface area contributed by atoms with Crippen LogP contribution in [0.15, 0.2) is 66.9 Å². The number of ether oxygens (including phenoxy) is 1. The Labute approximate surface area is 206 Å². The van der Waals surface area contributed by atoms with Crippen LogP contribution in [0, 0.1) is 0 Å². The van der Waals surface area contributed by atoms with Crippen molar-refractivity contribution in [1.29, 1.82) is 0 Å². The molecule has 37 heavy (non-hydrogen) atoms. The Hall–Kier alpha value is -4.94. The van der Waals surface area contributed by atoms with Gasteiger partial charge in [0, 0.05) is 25.2 Å². The number of rotatable bonds is 8. The SMILES string of the molecule is O=C(O)c1ccc(CNC(=O)c2cc(C(=O)NCc3cccc(OC(F)(F)F)c3)nc3ccnn23)cc1. The summed E-state index contributed by atoms with van der Waals surface area (Å²) in [7, 11) is 0. The summed E-state index contributed by atoms with van der Waals surface area (Å²) in [4.78, 5) is 40.8. The summed E-state index contributed by atoms with van der Waals surface area (Å²) < 4.78 is 42.5. The molecule has 2 amide bonds. The number of hydrogen-bond donors (Lipinski definition) is 3. The second kappa shape index (κ2) is 10.4. The quantitative estimate of drug-likeness (QED) is 0.329. The third kappa shape index (κ3) is 6.39. The van der Waals surface area contributed by atoms with Crippen LogP contribution in [-0.4, -0.2) is 43.9 Å². The normalized spacial score (nSPS) is 11.2. The van der Waals surface area contributed by atoms with Crippen LogP contribution >= 0.6 is 0 Å². The van der Waals surface area contributed by atoms with Crippen molar-refractivity contribution in [3.63, 3.8) is 0 Å². The molecule has 3 N–H and O–H groups in total. The molecule has 2 aromatic heterocycles. The van der Waals surface area contributed by atoms with Crippen LogP contribution in [0.3, 0.4) is 0 Å². The number of nitrogens with zero attached hydrogens (tertiary/aromatic N) is 3. The van der Waals surface area contributed by atoms with Gasteiger partial charge in [-0.3, -0.25) is 9.59 Å². The molecule has 0 bridgehead atoms. The number of halogens is 3. The van der Waals surface area contributed by atoms with Crippen molar-refractivity contribution in [1.82, 2.24) is 25.2 Å². The molecule has 0 unspecified atom stereocenters. The molecule has 2 aromatic carbocycles. The lowest BCUT2D eigenvalue weighted by atomic mass is 10.1. The van der Waals surface area contributed by atoms with E-state index in [0.717, 1.165) is 12.1 Å². The second-order valence-corrected chi connectivity index (χ2v) is 7.69. The van der Waals surface area contributed by atoms with Gasteiger partial charge < -0.3 is 20.5 Å². The number of carboxylic acids is 1. The van der Waals surface area contributed by atoms with E-state index in [4.69, 9.17) is 5.11 Å². The maximum Gasteiger partial charge on any atom is 0.573 e. The summed E-state index contributed by atoms with van der Waals surface area (Å²) >= 11 is 0. The Kier molecular flexibility index (Phi) is 7.04. The topological polar surface area (TPSA) is 135 Å². The molecule has 0 saturated heterocycles. The molecule has 0 fully saturated rings. The van der Waals surface area contributed by atoms with Gasteiger partial charge in [-0.15, -0.1) is 13.2 Å². The van der Waals surface area contributed by atoms with Crippen molar-refractivity contribution in [2.45, 2.75) is 19.5 Å². The number of alkyl halides is 3. The van der Waals surface area contributed by atoms with Crippen molar-refractivity contribution >= 4 is 23.4 Å². The number of hydrogen-bond acceptors (Lipinski definition) is 6. The number of aromatic carboxylic acids is 1. The first-order valence-electron chi connectivity index (χ1n) is 10.7. The third-order valence-electron chi connectivity index (χ3n) is 5.06. The number of carboxylic acid groups (broad SMARTS) is 1. The zero-order valence-corrected chi connectivity index (χ0v) is 18.8. The van der Waals surface area contributed by atoms with Gasteiger partial charge in [0.05, 0.1) is 11.8 Å². The number of aromatic nitrogens is 3. The van der Waals surface area contributed by atoms with Gasteiger partial charge in [-0.25, -0.2) is 14.3 Å². The Morgan fingerprint density at radius 3 is 2.32 bits per heavy atom. The Morgan fingerprint density at radius 1 is 0.919 bits per heavy atom. The molecular weight excluding hydrogens is 495 g/mol. The smallest absolute Gasteiger partial charge is 0.478 e. The van der Waals surface area contributed by atoms with E-state index in [1.54, 1.807) is 12.1 Å². The monoisotopic (exact) mass is 513 g/mol. The summed E-state index contributed by atoms with van der Waals surface area (Å²) in [5.74, 6) is -2.72. The minimum Gasteiger partial charge on any atom is -0.478 e. The van der Waals surface area contributed by atoms with Gasteiger partial charge in [0.25, 0.3) is 11.8 Å². The summed E-state index contributed by atoms with van der Waals surface area (Å²) in [6.45, 7) is -0.0322. The summed E-state index contributed by atoms with van der Waals surface area (Å²) in [6.07, 6.45) is -3.44. The van der Waals surface area contributed by atoms with Gasteiger partial charge in [-0.2, -0.15) is 5.10 Å². The molecule has 2 heterocycles. The molecule has 0 aliphatic heterocycles. The Balaban J connectivity index is 1.46. The number of nitrogens with one attached hydrogen (secondary N) is 2. The Morgan fingerprint density at radius 2 is 1.62 bits per heavy atom. The van der Waals surface area contributed by atoms with Gasteiger partial charge >= 0.3 is 12.3 Å². The van der Waals surface area contributed by atoms with Crippen molar-refractivity contribution in [3.8, 4) is 5.75 Å². The maximum absolute atomic E-state index is 12.9. The summed E-state index contributed by atoms with van der Waals surface area (Å²) in [5.41, 5.74) is 1.25. The highest BCUT2D eigenvalue weighted by Crippen LogP contribution is 2.23. The number of amides is 2. The van der Waals surface area contributed by atoms with Crippen molar-refractivity contribution in [2.75, 3.05) is 0 Å². The first kappa shape index (κ1) is 25.2. The van der Waals surface area contributed by atoms with E-state index in [2.05, 4.69) is 25.5 Å². The average Bonchev–Trinajstić information content (AvgIpc) is 3.33. The summed E-state index contributed by atoms with van der Waals surface area (Å²) in [6, 6.07) is 13.8. The van der Waals surface area contributed by atoms with E-state index < -0.39 is 29.9 Å². The number of fused-ring (bicyclic) bond motifs is 1. The molecule has 0 atom stereocenters. The Bertz CT molecular complexity index is 1470. The van der Waals surface area contributed by atoms with E-state index in [9.17, 15) is 27.6 Å². The van der Waals surface area contributed by atoms with Crippen molar-refractivity contribution < 1.29 is 37.4 Å². The summed E-state index contributed by atoms with van der Waals surface area (Å²) in [5, 5.41) is 18.3. The molecule has 4 rings (SSSR count). The number of benzene rings is 2. The maximum atomic E-state index is 12.9. The highest BCUT2D eigenvalue weighted by molar-refractivity contribution is 5.98. The number of carbonyl (C=O) groups excluding carboxylic acids is 2. The zero-order chi connectivity index (χ0) is 26.6. The van der Waals surface area contributed by atoms with E-state index in [1.165, 1.54) is 47.1 Å². The fraction of sp³-hybridized carbons (Fsp3) is 0.125. The lowest BCUT2D eigenvalue weighted by molar-refractivity contribution is -0.274. The van der Waals surface area contributed by atoms with E-state index in [0.29, 0.717) is 11.1 Å². The first-order valence-corrected chi connectivity index (χ1v) is 10.7. The van der Waals surface area contributed by atoms with Gasteiger partial charge in [-0.05, 0) is 35.4 Å². The predicted octanol–water partition coefficient (Wildman–Crippen LogP) is 3.19. The van der Waals surface area contributed by atoms with Crippen LogP contribution in [0.25, 0.3) is 5.65 Å². The molecule has 4 aromatic rings. The molecule has 0 aliphatic rings. The van der Waals surface area contributed by atoms with Gasteiger partial charge in [0.15, 0.2) is 5.65 Å². The largest absolute Gasteiger partial charge is 0.573 e. The highest BCUT2D eigenvalue weighted by Gasteiger charge is 2.31.